The molecule has 0 aromatic heterocycles. The zero-order valence-corrected chi connectivity index (χ0v) is 36.0. The SMILES string of the molecule is CC(=O)OCC(=O)[C@H](C)NC(=O)C1Cc2ccc(O)c(c2)-c2cc(ccc2O)[C@H](N(C)C(=O)[C@H](CCCCN)NC(=O)c2ccc(-c3ccc(Cl)cc3)cc2)C(=O)N[C@@H](C)C(=O)N1. The summed E-state index contributed by atoms with van der Waals surface area (Å²) in [7, 11) is 1.37. The summed E-state index contributed by atoms with van der Waals surface area (Å²) in [6.07, 6.45) is 1.01. The zero-order valence-electron chi connectivity index (χ0n) is 35.3. The summed E-state index contributed by atoms with van der Waals surface area (Å²) in [6.45, 7) is 3.65. The number of rotatable bonds is 14. The standard InChI is InChI=1S/C46H51ClN6O10/c1-25(40(57)24-63-27(3)54)49-44(60)37-22-28-8-18-38(55)34(21-28)35-23-32(15-19-39(35)56)41(45(61)50-26(2)42(58)52-37)53(4)46(62)36(7-5-6-20-48)51-43(59)31-11-9-29(10-12-31)30-13-16-33(47)17-14-30/h8-19,21,23,25-26,36-37,41,55-56H,5-7,20,22,24,48H2,1-4H3,(H,49,60)(H,50,61)(H,51,59)(H,52,58)/t25-,26-,36-,37?,41-/m0/s1. The number of nitrogens with one attached hydrogen (secondary N) is 4. The maximum absolute atomic E-state index is 14.6. The Labute approximate surface area is 369 Å². The number of hydrogen-bond donors (Lipinski definition) is 7. The van der Waals surface area contributed by atoms with Crippen molar-refractivity contribution in [3.63, 3.8) is 0 Å². The lowest BCUT2D eigenvalue weighted by molar-refractivity contribution is -0.146. The van der Waals surface area contributed by atoms with Gasteiger partial charge in [0.05, 0.1) is 6.04 Å². The molecule has 4 bridgehead atoms. The van der Waals surface area contributed by atoms with E-state index in [0.717, 1.165) is 23.0 Å². The lowest BCUT2D eigenvalue weighted by Crippen LogP contribution is -2.57. The number of unbranched alkanes of at least 4 members (excludes halogenated alkanes) is 1. The number of phenols is 2. The van der Waals surface area contributed by atoms with E-state index in [2.05, 4.69) is 21.3 Å². The Morgan fingerprint density at radius 3 is 2.11 bits per heavy atom. The molecule has 0 saturated heterocycles. The number of halogens is 1. The van der Waals surface area contributed by atoms with Crippen LogP contribution < -0.4 is 27.0 Å². The van der Waals surface area contributed by atoms with Crippen LogP contribution in [0.3, 0.4) is 0 Å². The van der Waals surface area contributed by atoms with Gasteiger partial charge in [0.15, 0.2) is 12.4 Å². The first-order chi connectivity index (χ1) is 30.0. The minimum atomic E-state index is -1.46. The maximum Gasteiger partial charge on any atom is 0.303 e. The van der Waals surface area contributed by atoms with Gasteiger partial charge in [-0.05, 0) is 110 Å². The number of Topliss-reactive ketones (excluding diaryl/α,β-unsaturated/α-hetero) is 1. The number of aromatic hydroxyl groups is 2. The number of nitrogens with two attached hydrogens (primary N) is 1. The van der Waals surface area contributed by atoms with Crippen molar-refractivity contribution in [3.05, 3.63) is 107 Å². The van der Waals surface area contributed by atoms with E-state index >= 15 is 0 Å². The minimum absolute atomic E-state index is 0.0835. The number of phenolic OH excluding ortho intramolecular Hbond substituents is 2. The highest BCUT2D eigenvalue weighted by Gasteiger charge is 2.36. The van der Waals surface area contributed by atoms with Crippen molar-refractivity contribution < 1.29 is 48.5 Å². The molecular formula is C46H51ClN6O10. The summed E-state index contributed by atoms with van der Waals surface area (Å²) < 4.78 is 4.76. The number of fused-ring (bicyclic) bond motifs is 5. The van der Waals surface area contributed by atoms with E-state index in [-0.39, 0.29) is 46.6 Å². The number of amides is 5. The Balaban J connectivity index is 1.47. The third-order valence-corrected chi connectivity index (χ3v) is 10.9. The normalized spacial score (nSPS) is 17.1. The van der Waals surface area contributed by atoms with E-state index in [4.69, 9.17) is 22.1 Å². The summed E-state index contributed by atoms with van der Waals surface area (Å²) in [5.74, 6) is -5.42. The van der Waals surface area contributed by atoms with Gasteiger partial charge in [0, 0.05) is 42.1 Å². The fourth-order valence-electron chi connectivity index (χ4n) is 7.03. The van der Waals surface area contributed by atoms with Crippen LogP contribution in [0.1, 0.15) is 67.6 Å². The van der Waals surface area contributed by atoms with Crippen LogP contribution in [0.15, 0.2) is 84.9 Å². The largest absolute Gasteiger partial charge is 0.507 e. The predicted molar refractivity (Wildman–Crippen MR) is 234 cm³/mol. The number of carbonyl (C=O) groups excluding carboxylic acids is 7. The van der Waals surface area contributed by atoms with Gasteiger partial charge in [0.1, 0.15) is 35.7 Å². The first-order valence-corrected chi connectivity index (χ1v) is 20.7. The Morgan fingerprint density at radius 1 is 0.857 bits per heavy atom. The molecule has 16 nitrogen and oxygen atoms in total. The Morgan fingerprint density at radius 2 is 1.48 bits per heavy atom. The van der Waals surface area contributed by atoms with Crippen LogP contribution in [0, 0.1) is 0 Å². The fraction of sp³-hybridized carbons (Fsp3) is 0.326. The molecule has 1 aliphatic heterocycles. The smallest absolute Gasteiger partial charge is 0.303 e. The van der Waals surface area contributed by atoms with Crippen molar-refractivity contribution in [1.29, 1.82) is 0 Å². The van der Waals surface area contributed by atoms with Crippen LogP contribution in [0.2, 0.25) is 5.02 Å². The lowest BCUT2D eigenvalue weighted by Gasteiger charge is -2.32. The van der Waals surface area contributed by atoms with Gasteiger partial charge in [-0.3, -0.25) is 33.6 Å². The highest BCUT2D eigenvalue weighted by atomic mass is 35.5. The molecule has 1 aliphatic rings. The van der Waals surface area contributed by atoms with Crippen LogP contribution >= 0.6 is 11.6 Å². The molecule has 4 aromatic rings. The monoisotopic (exact) mass is 882 g/mol. The third kappa shape index (κ3) is 12.2. The molecule has 0 fully saturated rings. The van der Waals surface area contributed by atoms with Gasteiger partial charge in [-0.2, -0.15) is 0 Å². The molecule has 0 radical (unpaired) electrons. The summed E-state index contributed by atoms with van der Waals surface area (Å²) in [5.41, 5.74) is 8.60. The van der Waals surface area contributed by atoms with E-state index < -0.39 is 78.1 Å². The van der Waals surface area contributed by atoms with Crippen LogP contribution in [-0.4, -0.2) is 101 Å². The fourth-order valence-corrected chi connectivity index (χ4v) is 7.16. The summed E-state index contributed by atoms with van der Waals surface area (Å²) in [6, 6.07) is 16.2. The molecule has 17 heteroatoms. The molecule has 5 atom stereocenters. The molecule has 5 rings (SSSR count). The number of esters is 1. The molecule has 1 heterocycles. The number of nitrogens with zero attached hydrogens (tertiary/aromatic N) is 1. The predicted octanol–water partition coefficient (Wildman–Crippen LogP) is 3.69. The van der Waals surface area contributed by atoms with E-state index in [1.807, 2.05) is 12.1 Å². The van der Waals surface area contributed by atoms with Crippen LogP contribution in [0.25, 0.3) is 22.3 Å². The first-order valence-electron chi connectivity index (χ1n) is 20.3. The number of ether oxygens (including phenoxy) is 1. The van der Waals surface area contributed by atoms with Crippen LogP contribution in [0.4, 0.5) is 0 Å². The van der Waals surface area contributed by atoms with Crippen LogP contribution in [0.5, 0.6) is 11.5 Å². The van der Waals surface area contributed by atoms with Crippen molar-refractivity contribution in [3.8, 4) is 33.8 Å². The number of likely N-dealkylation sites (N-methyl/N-ethyl adjacent to an activating group) is 1. The zero-order chi connectivity index (χ0) is 46.0. The van der Waals surface area contributed by atoms with Crippen molar-refractivity contribution in [2.45, 2.75) is 76.7 Å². The van der Waals surface area contributed by atoms with Crippen molar-refractivity contribution in [1.82, 2.24) is 26.2 Å². The van der Waals surface area contributed by atoms with Gasteiger partial charge in [0.2, 0.25) is 23.6 Å². The van der Waals surface area contributed by atoms with Crippen LogP contribution in [-0.2, 0) is 39.9 Å². The Bertz CT molecular complexity index is 2360. The lowest BCUT2D eigenvalue weighted by atomic mass is 9.93. The second kappa shape index (κ2) is 21.3. The number of carbonyl (C=O) groups is 7. The van der Waals surface area contributed by atoms with Crippen molar-refractivity contribution in [2.75, 3.05) is 20.2 Å². The molecule has 8 N–H and O–H groups in total. The van der Waals surface area contributed by atoms with Gasteiger partial charge in [-0.1, -0.05) is 48.0 Å². The molecule has 1 unspecified atom stereocenters. The second-order valence-electron chi connectivity index (χ2n) is 15.3. The molecule has 332 valence electrons. The maximum atomic E-state index is 14.6. The van der Waals surface area contributed by atoms with Gasteiger partial charge in [-0.25, -0.2) is 0 Å². The average Bonchev–Trinajstić information content (AvgIpc) is 3.25. The van der Waals surface area contributed by atoms with E-state index in [1.54, 1.807) is 36.4 Å². The molecule has 0 aliphatic carbocycles. The Kier molecular flexibility index (Phi) is 16.0. The Hall–Kier alpha value is -6.78. The van der Waals surface area contributed by atoms with Crippen molar-refractivity contribution >= 4 is 52.9 Å². The second-order valence-corrected chi connectivity index (χ2v) is 15.8. The quantitative estimate of drug-likeness (QED) is 0.0711. The molecule has 4 aromatic carbocycles. The topological polar surface area (TPSA) is 247 Å². The number of hydrogen-bond acceptors (Lipinski definition) is 11. The number of benzene rings is 4. The third-order valence-electron chi connectivity index (χ3n) is 10.6. The van der Waals surface area contributed by atoms with Gasteiger partial charge in [-0.15, -0.1) is 0 Å². The first kappa shape index (κ1) is 47.3. The van der Waals surface area contributed by atoms with Gasteiger partial charge >= 0.3 is 5.97 Å². The summed E-state index contributed by atoms with van der Waals surface area (Å²) in [5, 5.41) is 33.4. The van der Waals surface area contributed by atoms with E-state index in [0.29, 0.717) is 30.0 Å². The molecule has 5 amide bonds. The highest BCUT2D eigenvalue weighted by molar-refractivity contribution is 6.30. The minimum Gasteiger partial charge on any atom is -0.507 e. The number of ketones is 1. The van der Waals surface area contributed by atoms with Gasteiger partial charge < -0.3 is 46.9 Å². The highest BCUT2D eigenvalue weighted by Crippen LogP contribution is 2.39. The molecule has 0 saturated carbocycles. The molecule has 63 heavy (non-hydrogen) atoms. The van der Waals surface area contributed by atoms with E-state index in [9.17, 15) is 43.8 Å². The summed E-state index contributed by atoms with van der Waals surface area (Å²) >= 11 is 6.04. The average molecular weight is 883 g/mol. The summed E-state index contributed by atoms with van der Waals surface area (Å²) in [4.78, 5) is 95.0. The van der Waals surface area contributed by atoms with Crippen molar-refractivity contribution in [2.24, 2.45) is 5.73 Å². The molecule has 0 spiro atoms. The molecular weight excluding hydrogens is 832 g/mol. The van der Waals surface area contributed by atoms with Gasteiger partial charge in [0.25, 0.3) is 5.91 Å². The van der Waals surface area contributed by atoms with E-state index in [1.165, 1.54) is 57.3 Å².